The van der Waals surface area contributed by atoms with E-state index in [1.807, 2.05) is 0 Å². The maximum absolute atomic E-state index is 15.6. The van der Waals surface area contributed by atoms with Gasteiger partial charge in [-0.1, -0.05) is 38.1 Å². The zero-order valence-electron chi connectivity index (χ0n) is 29.2. The van der Waals surface area contributed by atoms with E-state index in [-0.39, 0.29) is 46.4 Å². The standard InChI is InChI=1S/C34H31ClF4N6O3/c1-7-24(46)43-15-23-32(47)42(6)30-29(44(23)14-18(43)5)20-13-22(35)27(19-9-8-10-21(25(19)36)34(37,38)39)41-31(20)45(33(30)48)28-17(4)11-12-40-26(28)16(2)3/h7-13,16,18,23H,1,14-15H2,2-6H3/t18-,23-/m1/s1/i6D3. The van der Waals surface area contributed by atoms with Gasteiger partial charge >= 0.3 is 6.18 Å². The summed E-state index contributed by atoms with van der Waals surface area (Å²) in [5, 5.41) is -0.270. The van der Waals surface area contributed by atoms with Crippen molar-refractivity contribution in [1.82, 2.24) is 19.4 Å². The minimum atomic E-state index is -5.05. The average molecular weight is 686 g/mol. The van der Waals surface area contributed by atoms with Crippen molar-refractivity contribution >= 4 is 45.8 Å². The van der Waals surface area contributed by atoms with Gasteiger partial charge in [-0.2, -0.15) is 13.2 Å². The number of hydrogen-bond donors (Lipinski definition) is 0. The van der Waals surface area contributed by atoms with Gasteiger partial charge in [-0.3, -0.25) is 23.9 Å². The molecule has 4 aromatic rings. The molecule has 1 saturated heterocycles. The molecule has 0 radical (unpaired) electrons. The molecule has 0 unspecified atom stereocenters. The summed E-state index contributed by atoms with van der Waals surface area (Å²) in [6.07, 6.45) is -2.46. The van der Waals surface area contributed by atoms with Crippen LogP contribution in [0.2, 0.25) is 5.02 Å². The molecule has 2 amide bonds. The molecule has 14 heteroatoms. The van der Waals surface area contributed by atoms with Crippen LogP contribution in [0.1, 0.15) is 47.6 Å². The van der Waals surface area contributed by atoms with Gasteiger partial charge in [0.1, 0.15) is 23.2 Å². The Labute approximate surface area is 282 Å². The molecule has 250 valence electrons. The van der Waals surface area contributed by atoms with E-state index in [4.69, 9.17) is 15.7 Å². The van der Waals surface area contributed by atoms with E-state index in [0.717, 1.165) is 22.8 Å². The van der Waals surface area contributed by atoms with Crippen molar-refractivity contribution in [2.24, 2.45) is 0 Å². The van der Waals surface area contributed by atoms with Gasteiger partial charge in [0.2, 0.25) is 5.91 Å². The SMILES string of the molecule is [2H]C([2H])([2H])N1C(=O)[C@H]2CN(C(=O)C=C)[C@H](C)CN2c2c1c(=O)n(-c1c(C)ccnc1C(C)C)c1nc(-c3cccc(C(F)(F)F)c3F)c(Cl)cc21. The smallest absolute Gasteiger partial charge is 0.354 e. The van der Waals surface area contributed by atoms with Crippen molar-refractivity contribution in [2.75, 3.05) is 29.9 Å². The lowest BCUT2D eigenvalue weighted by Crippen LogP contribution is -2.66. The first-order valence-corrected chi connectivity index (χ1v) is 15.3. The Hall–Kier alpha value is -4.78. The van der Waals surface area contributed by atoms with Crippen LogP contribution < -0.4 is 15.4 Å². The summed E-state index contributed by atoms with van der Waals surface area (Å²) >= 11 is 6.73. The number of amides is 2. The Bertz CT molecular complexity index is 2210. The predicted octanol–water partition coefficient (Wildman–Crippen LogP) is 6.26. The Morgan fingerprint density at radius 3 is 2.54 bits per heavy atom. The molecule has 0 aliphatic carbocycles. The van der Waals surface area contributed by atoms with Crippen LogP contribution in [0.5, 0.6) is 0 Å². The number of likely N-dealkylation sites (N-methyl/N-ethyl adjacent to an activating group) is 1. The number of benzene rings is 1. The fourth-order valence-electron chi connectivity index (χ4n) is 6.48. The first-order valence-electron chi connectivity index (χ1n) is 16.4. The fraction of sp³-hybridized carbons (Fsp3) is 0.324. The van der Waals surface area contributed by atoms with Gasteiger partial charge in [0.05, 0.1) is 39.9 Å². The highest BCUT2D eigenvalue weighted by atomic mass is 35.5. The molecule has 48 heavy (non-hydrogen) atoms. The molecule has 2 aliphatic rings. The third-order valence-corrected chi connectivity index (χ3v) is 9.04. The molecule has 0 bridgehead atoms. The van der Waals surface area contributed by atoms with Crippen LogP contribution in [0.3, 0.4) is 0 Å². The predicted molar refractivity (Wildman–Crippen MR) is 175 cm³/mol. The molecule has 0 spiro atoms. The number of halogens is 5. The van der Waals surface area contributed by atoms with Crippen LogP contribution in [-0.2, 0) is 15.8 Å². The lowest BCUT2D eigenvalue weighted by Gasteiger charge is -2.49. The molecular formula is C34H31ClF4N6O3. The number of fused-ring (bicyclic) bond motifs is 5. The molecular weight excluding hydrogens is 652 g/mol. The number of aromatic nitrogens is 3. The summed E-state index contributed by atoms with van der Waals surface area (Å²) < 4.78 is 83.2. The molecule has 1 fully saturated rings. The Kier molecular flexibility index (Phi) is 7.17. The molecule has 9 nitrogen and oxygen atoms in total. The number of carbonyl (C=O) groups excluding carboxylic acids is 2. The zero-order chi connectivity index (χ0) is 37.5. The molecule has 2 aliphatic heterocycles. The van der Waals surface area contributed by atoms with Crippen molar-refractivity contribution in [3.8, 4) is 16.9 Å². The number of carbonyl (C=O) groups is 2. The van der Waals surface area contributed by atoms with Crippen molar-refractivity contribution in [1.29, 1.82) is 0 Å². The third-order valence-electron chi connectivity index (χ3n) is 8.75. The van der Waals surface area contributed by atoms with E-state index < -0.39 is 70.9 Å². The molecule has 5 heterocycles. The summed E-state index contributed by atoms with van der Waals surface area (Å²) in [5.74, 6) is -3.41. The number of anilines is 2. The lowest BCUT2D eigenvalue weighted by atomic mass is 9.98. The summed E-state index contributed by atoms with van der Waals surface area (Å²) in [7, 11) is 0. The van der Waals surface area contributed by atoms with Gasteiger partial charge in [0.25, 0.3) is 11.5 Å². The van der Waals surface area contributed by atoms with Gasteiger partial charge in [-0.15, -0.1) is 0 Å². The van der Waals surface area contributed by atoms with Crippen LogP contribution >= 0.6 is 11.6 Å². The van der Waals surface area contributed by atoms with Gasteiger partial charge in [-0.25, -0.2) is 9.37 Å². The van der Waals surface area contributed by atoms with Crippen LogP contribution in [0.25, 0.3) is 28.0 Å². The van der Waals surface area contributed by atoms with Crippen molar-refractivity contribution in [3.05, 3.63) is 87.2 Å². The number of hydrogen-bond acceptors (Lipinski definition) is 6. The summed E-state index contributed by atoms with van der Waals surface area (Å²) in [4.78, 5) is 54.3. The molecule has 0 N–H and O–H groups in total. The van der Waals surface area contributed by atoms with Gasteiger partial charge in [0, 0.05) is 40.8 Å². The van der Waals surface area contributed by atoms with E-state index in [1.165, 1.54) is 22.1 Å². The fourth-order valence-corrected chi connectivity index (χ4v) is 6.73. The van der Waals surface area contributed by atoms with Crippen LogP contribution in [0, 0.1) is 12.7 Å². The topological polar surface area (TPSA) is 91.6 Å². The first kappa shape index (κ1) is 29.4. The van der Waals surface area contributed by atoms with E-state index in [0.29, 0.717) is 22.2 Å². The van der Waals surface area contributed by atoms with E-state index >= 15 is 9.18 Å². The van der Waals surface area contributed by atoms with E-state index in [9.17, 15) is 22.8 Å². The minimum Gasteiger partial charge on any atom is -0.354 e. The molecule has 6 rings (SSSR count). The van der Waals surface area contributed by atoms with Crippen LogP contribution in [-0.4, -0.2) is 63.4 Å². The highest BCUT2D eigenvalue weighted by Crippen LogP contribution is 2.45. The maximum Gasteiger partial charge on any atom is 0.419 e. The second kappa shape index (κ2) is 11.7. The third kappa shape index (κ3) is 5.02. The first-order chi connectivity index (χ1) is 23.8. The maximum atomic E-state index is 15.6. The monoisotopic (exact) mass is 685 g/mol. The highest BCUT2D eigenvalue weighted by molar-refractivity contribution is 6.34. The Balaban J connectivity index is 1.80. The quantitative estimate of drug-likeness (QED) is 0.186. The van der Waals surface area contributed by atoms with Crippen molar-refractivity contribution in [2.45, 2.75) is 51.9 Å². The minimum absolute atomic E-state index is 0.0392. The molecule has 0 saturated carbocycles. The highest BCUT2D eigenvalue weighted by Gasteiger charge is 2.46. The van der Waals surface area contributed by atoms with E-state index in [1.54, 1.807) is 33.8 Å². The van der Waals surface area contributed by atoms with Gasteiger partial charge in [-0.05, 0) is 55.7 Å². The van der Waals surface area contributed by atoms with Gasteiger partial charge < -0.3 is 14.7 Å². The largest absolute Gasteiger partial charge is 0.419 e. The average Bonchev–Trinajstić information content (AvgIpc) is 3.03. The number of nitrogens with zero attached hydrogens (tertiary/aromatic N) is 6. The van der Waals surface area contributed by atoms with Gasteiger partial charge in [0.15, 0.2) is 0 Å². The summed E-state index contributed by atoms with van der Waals surface area (Å²) in [6.45, 7) is 7.01. The summed E-state index contributed by atoms with van der Waals surface area (Å²) in [6, 6.07) is 3.69. The summed E-state index contributed by atoms with van der Waals surface area (Å²) in [5.41, 5.74) is -3.27. The van der Waals surface area contributed by atoms with Crippen LogP contribution in [0.15, 0.2) is 54.0 Å². The van der Waals surface area contributed by atoms with Crippen molar-refractivity contribution < 1.29 is 31.3 Å². The normalized spacial score (nSPS) is 19.2. The second-order valence-electron chi connectivity index (χ2n) is 12.1. The number of pyridine rings is 3. The van der Waals surface area contributed by atoms with E-state index in [2.05, 4.69) is 16.5 Å². The lowest BCUT2D eigenvalue weighted by molar-refractivity contribution is -0.140. The number of piperazine rings is 1. The Morgan fingerprint density at radius 1 is 1.17 bits per heavy atom. The van der Waals surface area contributed by atoms with Crippen molar-refractivity contribution in [3.63, 3.8) is 0 Å². The van der Waals surface area contributed by atoms with Crippen LogP contribution in [0.4, 0.5) is 28.9 Å². The zero-order valence-corrected chi connectivity index (χ0v) is 26.9. The molecule has 1 aromatic carbocycles. The second-order valence-corrected chi connectivity index (χ2v) is 12.5. The Morgan fingerprint density at radius 2 is 1.90 bits per heavy atom. The molecule has 2 atom stereocenters. The molecule has 3 aromatic heterocycles. The number of aryl methyl sites for hydroxylation is 1. The number of rotatable bonds is 4. The number of alkyl halides is 3.